The van der Waals surface area contributed by atoms with Gasteiger partial charge >= 0.3 is 0 Å². The first-order chi connectivity index (χ1) is 9.51. The maximum atomic E-state index is 11.5. The predicted octanol–water partition coefficient (Wildman–Crippen LogP) is -1.66. The number of aliphatic hydroxyl groups excluding tert-OH is 1. The van der Waals surface area contributed by atoms with Crippen molar-refractivity contribution in [1.82, 2.24) is 4.90 Å². The van der Waals surface area contributed by atoms with Crippen molar-refractivity contribution in [2.75, 3.05) is 46.1 Å². The zero-order valence-electron chi connectivity index (χ0n) is 11.9. The van der Waals surface area contributed by atoms with Crippen LogP contribution in [-0.4, -0.2) is 81.7 Å². The normalized spacial score (nSPS) is 12.2. The van der Waals surface area contributed by atoms with Gasteiger partial charge in [0.2, 0.25) is 5.91 Å². The molecule has 0 saturated heterocycles. The van der Waals surface area contributed by atoms with Crippen LogP contribution in [0.5, 0.6) is 0 Å². The molecule has 0 aromatic heterocycles. The smallest absolute Gasteiger partial charge is 0.214 e. The highest BCUT2D eigenvalue weighted by atomic mass is 16.5. The Morgan fingerprint density at radius 3 is 2.50 bits per heavy atom. The molecule has 1 unspecified atom stereocenters. The Kier molecular flexibility index (Phi) is 11.3. The van der Waals surface area contributed by atoms with Gasteiger partial charge in [-0.1, -0.05) is 0 Å². The molecule has 0 rings (SSSR count). The molecule has 0 saturated carbocycles. The SMILES string of the molecule is [B]CC(=O)N(CC(C)=O)CC(N)COCCOCCO. The summed E-state index contributed by atoms with van der Waals surface area (Å²) >= 11 is 0. The van der Waals surface area contributed by atoms with E-state index in [2.05, 4.69) is 0 Å². The van der Waals surface area contributed by atoms with Crippen molar-refractivity contribution in [3.63, 3.8) is 0 Å². The van der Waals surface area contributed by atoms with Crippen molar-refractivity contribution in [3.8, 4) is 0 Å². The molecule has 0 bridgehead atoms. The average molecular weight is 286 g/mol. The maximum absolute atomic E-state index is 11.5. The number of ketones is 1. The van der Waals surface area contributed by atoms with Crippen LogP contribution in [0.4, 0.5) is 0 Å². The van der Waals surface area contributed by atoms with Crippen molar-refractivity contribution in [2.45, 2.75) is 19.3 Å². The Balaban J connectivity index is 3.91. The van der Waals surface area contributed by atoms with Crippen LogP contribution in [0.15, 0.2) is 0 Å². The number of Topliss-reactive ketones (excluding diaryl/α,β-unsaturated/α-hetero) is 1. The third kappa shape index (κ3) is 9.91. The third-order valence-corrected chi connectivity index (χ3v) is 2.34. The fourth-order valence-electron chi connectivity index (χ4n) is 1.51. The number of amides is 1. The predicted molar refractivity (Wildman–Crippen MR) is 74.5 cm³/mol. The number of carbonyl (C=O) groups is 2. The monoisotopic (exact) mass is 286 g/mol. The fraction of sp³-hybridized carbons (Fsp3) is 0.833. The molecule has 0 spiro atoms. The zero-order chi connectivity index (χ0) is 15.4. The van der Waals surface area contributed by atoms with E-state index < -0.39 is 6.04 Å². The van der Waals surface area contributed by atoms with Gasteiger partial charge in [0.1, 0.15) is 5.78 Å². The van der Waals surface area contributed by atoms with Crippen LogP contribution in [-0.2, 0) is 19.1 Å². The third-order valence-electron chi connectivity index (χ3n) is 2.34. The molecule has 0 aromatic rings. The molecule has 0 aliphatic heterocycles. The van der Waals surface area contributed by atoms with E-state index in [9.17, 15) is 9.59 Å². The lowest BCUT2D eigenvalue weighted by Gasteiger charge is -2.24. The van der Waals surface area contributed by atoms with Gasteiger partial charge in [-0.15, -0.1) is 0 Å². The molecular formula is C12H23BN2O5. The first-order valence-electron chi connectivity index (χ1n) is 6.50. The largest absolute Gasteiger partial charge is 0.394 e. The molecule has 2 radical (unpaired) electrons. The van der Waals surface area contributed by atoms with Crippen molar-refractivity contribution in [3.05, 3.63) is 0 Å². The van der Waals surface area contributed by atoms with Crippen LogP contribution in [0.1, 0.15) is 6.92 Å². The second-order valence-corrected chi connectivity index (χ2v) is 4.35. The van der Waals surface area contributed by atoms with Gasteiger partial charge in [-0.25, -0.2) is 0 Å². The van der Waals surface area contributed by atoms with Gasteiger partial charge in [-0.05, 0) is 13.2 Å². The first kappa shape index (κ1) is 19.0. The number of nitrogens with zero attached hydrogens (tertiary/aromatic N) is 1. The first-order valence-corrected chi connectivity index (χ1v) is 6.50. The lowest BCUT2D eigenvalue weighted by Crippen LogP contribution is -2.45. The second-order valence-electron chi connectivity index (χ2n) is 4.35. The molecule has 1 amide bonds. The van der Waals surface area contributed by atoms with E-state index in [1.807, 2.05) is 0 Å². The molecule has 114 valence electrons. The van der Waals surface area contributed by atoms with Crippen LogP contribution in [0.3, 0.4) is 0 Å². The van der Waals surface area contributed by atoms with Crippen LogP contribution in [0.25, 0.3) is 0 Å². The van der Waals surface area contributed by atoms with Crippen molar-refractivity contribution >= 4 is 19.5 Å². The number of aliphatic hydroxyl groups is 1. The highest BCUT2D eigenvalue weighted by Gasteiger charge is 2.16. The fourth-order valence-corrected chi connectivity index (χ4v) is 1.51. The minimum atomic E-state index is -0.400. The summed E-state index contributed by atoms with van der Waals surface area (Å²) in [4.78, 5) is 23.9. The van der Waals surface area contributed by atoms with Gasteiger partial charge in [0.15, 0.2) is 0 Å². The average Bonchev–Trinajstić information content (AvgIpc) is 2.40. The summed E-state index contributed by atoms with van der Waals surface area (Å²) in [5, 5.41) is 8.50. The van der Waals surface area contributed by atoms with Gasteiger partial charge in [-0.3, -0.25) is 9.59 Å². The Morgan fingerprint density at radius 2 is 1.95 bits per heavy atom. The summed E-state index contributed by atoms with van der Waals surface area (Å²) in [5.74, 6) is -0.445. The van der Waals surface area contributed by atoms with E-state index in [0.29, 0.717) is 13.2 Å². The van der Waals surface area contributed by atoms with E-state index in [0.717, 1.165) is 0 Å². The van der Waals surface area contributed by atoms with Crippen molar-refractivity contribution < 1.29 is 24.2 Å². The molecule has 7 nitrogen and oxygen atoms in total. The summed E-state index contributed by atoms with van der Waals surface area (Å²) in [7, 11) is 5.28. The Bertz CT molecular complexity index is 291. The van der Waals surface area contributed by atoms with E-state index in [1.165, 1.54) is 11.8 Å². The topological polar surface area (TPSA) is 102 Å². The number of rotatable bonds is 12. The van der Waals surface area contributed by atoms with Crippen LogP contribution < -0.4 is 5.73 Å². The zero-order valence-corrected chi connectivity index (χ0v) is 11.9. The van der Waals surface area contributed by atoms with E-state index in [4.69, 9.17) is 28.2 Å². The molecule has 1 atom stereocenters. The minimum Gasteiger partial charge on any atom is -0.394 e. The van der Waals surface area contributed by atoms with Crippen LogP contribution >= 0.6 is 0 Å². The molecular weight excluding hydrogens is 263 g/mol. The molecule has 8 heteroatoms. The van der Waals surface area contributed by atoms with Crippen LogP contribution in [0.2, 0.25) is 6.32 Å². The molecule has 0 aliphatic rings. The highest BCUT2D eigenvalue weighted by Crippen LogP contribution is 1.97. The summed E-state index contributed by atoms with van der Waals surface area (Å²) in [5.41, 5.74) is 5.83. The number of ether oxygens (including phenoxy) is 2. The quantitative estimate of drug-likeness (QED) is 0.329. The molecule has 0 aliphatic carbocycles. The summed E-state index contributed by atoms with van der Waals surface area (Å²) in [6.07, 6.45) is -0.157. The van der Waals surface area contributed by atoms with Gasteiger partial charge < -0.3 is 25.2 Å². The standard InChI is InChI=1S/C12H23BN2O5/c1-10(17)7-15(12(18)6-13)8-11(14)9-20-5-4-19-3-2-16/h11,16H,2-9,14H2,1H3. The number of hydrogen-bond donors (Lipinski definition) is 2. The van der Waals surface area contributed by atoms with Crippen LogP contribution in [0, 0.1) is 0 Å². The van der Waals surface area contributed by atoms with Gasteiger partial charge in [0.05, 0.1) is 47.4 Å². The van der Waals surface area contributed by atoms with Gasteiger partial charge in [0, 0.05) is 12.6 Å². The molecule has 0 aromatic carbocycles. The maximum Gasteiger partial charge on any atom is 0.214 e. The highest BCUT2D eigenvalue weighted by molar-refractivity contribution is 6.19. The Labute approximate surface area is 120 Å². The van der Waals surface area contributed by atoms with Gasteiger partial charge in [-0.2, -0.15) is 0 Å². The summed E-state index contributed by atoms with van der Waals surface area (Å²) in [6, 6.07) is -0.400. The Hall–Kier alpha value is -0.955. The van der Waals surface area contributed by atoms with E-state index in [-0.39, 0.29) is 50.9 Å². The number of hydrogen-bond acceptors (Lipinski definition) is 6. The molecule has 0 heterocycles. The molecule has 20 heavy (non-hydrogen) atoms. The lowest BCUT2D eigenvalue weighted by atomic mass is 10.0. The number of carbonyl (C=O) groups excluding carboxylic acids is 2. The second kappa shape index (κ2) is 11.8. The van der Waals surface area contributed by atoms with E-state index >= 15 is 0 Å². The van der Waals surface area contributed by atoms with Gasteiger partial charge in [0.25, 0.3) is 0 Å². The van der Waals surface area contributed by atoms with Crippen molar-refractivity contribution in [2.24, 2.45) is 5.73 Å². The Morgan fingerprint density at radius 1 is 1.30 bits per heavy atom. The minimum absolute atomic E-state index is 0.00332. The molecule has 3 N–H and O–H groups in total. The van der Waals surface area contributed by atoms with E-state index in [1.54, 1.807) is 0 Å². The van der Waals surface area contributed by atoms with Crippen molar-refractivity contribution in [1.29, 1.82) is 0 Å². The lowest BCUT2D eigenvalue weighted by molar-refractivity contribution is -0.133. The molecule has 0 fully saturated rings. The number of nitrogens with two attached hydrogens (primary N) is 1. The summed E-state index contributed by atoms with van der Waals surface area (Å²) in [6.45, 7) is 2.83. The summed E-state index contributed by atoms with van der Waals surface area (Å²) < 4.78 is 10.3.